The molecule has 0 radical (unpaired) electrons. The highest BCUT2D eigenvalue weighted by Crippen LogP contribution is 2.52. The lowest BCUT2D eigenvalue weighted by atomic mass is 9.83. The number of halogens is 1. The lowest BCUT2D eigenvalue weighted by Crippen LogP contribution is -2.32. The van der Waals surface area contributed by atoms with Crippen LogP contribution in [0.5, 0.6) is 0 Å². The van der Waals surface area contributed by atoms with E-state index in [0.717, 1.165) is 5.02 Å². The van der Waals surface area contributed by atoms with Crippen molar-refractivity contribution in [1.29, 1.82) is 0 Å². The number of benzene rings is 1. The first-order valence-electron chi connectivity index (χ1n) is 6.03. The zero-order valence-electron chi connectivity index (χ0n) is 10.3. The molecule has 0 aliphatic heterocycles. The van der Waals surface area contributed by atoms with Crippen molar-refractivity contribution in [2.24, 2.45) is 5.73 Å². The van der Waals surface area contributed by atoms with Gasteiger partial charge in [0.15, 0.2) is 0 Å². The van der Waals surface area contributed by atoms with Gasteiger partial charge in [-0.15, -0.1) is 0 Å². The SMILES string of the molecule is CC(C)c1ccc(Cl)cc1C1(C(C)N)CC1. The third-order valence-corrected chi connectivity index (χ3v) is 4.07. The van der Waals surface area contributed by atoms with Gasteiger partial charge in [0.2, 0.25) is 0 Å². The Kier molecular flexibility index (Phi) is 3.02. The van der Waals surface area contributed by atoms with Crippen LogP contribution in [0.1, 0.15) is 50.7 Å². The van der Waals surface area contributed by atoms with Gasteiger partial charge in [0.05, 0.1) is 0 Å². The van der Waals surface area contributed by atoms with E-state index in [-0.39, 0.29) is 11.5 Å². The summed E-state index contributed by atoms with van der Waals surface area (Å²) in [6.07, 6.45) is 2.40. The molecule has 0 aromatic heterocycles. The summed E-state index contributed by atoms with van der Waals surface area (Å²) < 4.78 is 0. The lowest BCUT2D eigenvalue weighted by molar-refractivity contribution is 0.548. The molecule has 2 heteroatoms. The second-order valence-electron chi connectivity index (χ2n) is 5.33. The molecule has 1 saturated carbocycles. The van der Waals surface area contributed by atoms with E-state index in [1.807, 2.05) is 6.07 Å². The molecule has 16 heavy (non-hydrogen) atoms. The fourth-order valence-electron chi connectivity index (χ4n) is 2.57. The van der Waals surface area contributed by atoms with Gasteiger partial charge in [0.25, 0.3) is 0 Å². The minimum absolute atomic E-state index is 0.199. The second-order valence-corrected chi connectivity index (χ2v) is 5.77. The summed E-state index contributed by atoms with van der Waals surface area (Å²) in [4.78, 5) is 0. The Labute approximate surface area is 103 Å². The van der Waals surface area contributed by atoms with E-state index >= 15 is 0 Å². The summed E-state index contributed by atoms with van der Waals surface area (Å²) in [5.41, 5.74) is 9.12. The zero-order chi connectivity index (χ0) is 11.9. The van der Waals surface area contributed by atoms with Crippen LogP contribution in [0, 0.1) is 0 Å². The van der Waals surface area contributed by atoms with Crippen molar-refractivity contribution in [3.05, 3.63) is 34.3 Å². The second kappa shape index (κ2) is 4.05. The third-order valence-electron chi connectivity index (χ3n) is 3.83. The van der Waals surface area contributed by atoms with E-state index in [9.17, 15) is 0 Å². The topological polar surface area (TPSA) is 26.0 Å². The van der Waals surface area contributed by atoms with Crippen molar-refractivity contribution in [3.8, 4) is 0 Å². The van der Waals surface area contributed by atoms with Gasteiger partial charge in [-0.3, -0.25) is 0 Å². The van der Waals surface area contributed by atoms with Crippen molar-refractivity contribution >= 4 is 11.6 Å². The molecule has 2 rings (SSSR count). The Morgan fingerprint density at radius 1 is 1.25 bits per heavy atom. The molecule has 1 unspecified atom stereocenters. The Hall–Kier alpha value is -0.530. The molecule has 0 saturated heterocycles. The minimum atomic E-state index is 0.199. The fourth-order valence-corrected chi connectivity index (χ4v) is 2.74. The van der Waals surface area contributed by atoms with Crippen molar-refractivity contribution in [2.45, 2.75) is 51.0 Å². The van der Waals surface area contributed by atoms with Gasteiger partial charge in [-0.25, -0.2) is 0 Å². The van der Waals surface area contributed by atoms with E-state index in [1.54, 1.807) is 0 Å². The van der Waals surface area contributed by atoms with E-state index in [0.29, 0.717) is 5.92 Å². The summed E-state index contributed by atoms with van der Waals surface area (Å²) in [6.45, 7) is 6.56. The molecule has 0 bridgehead atoms. The van der Waals surface area contributed by atoms with Crippen LogP contribution in [-0.2, 0) is 5.41 Å². The molecule has 2 N–H and O–H groups in total. The molecular formula is C14H20ClN. The predicted octanol–water partition coefficient (Wildman–Crippen LogP) is 3.84. The Balaban J connectivity index is 2.50. The molecule has 0 heterocycles. The van der Waals surface area contributed by atoms with Gasteiger partial charge in [-0.05, 0) is 48.9 Å². The maximum absolute atomic E-state index is 6.14. The Morgan fingerprint density at radius 2 is 1.88 bits per heavy atom. The van der Waals surface area contributed by atoms with E-state index in [4.69, 9.17) is 17.3 Å². The summed E-state index contributed by atoms with van der Waals surface area (Å²) in [6, 6.07) is 6.47. The molecule has 1 aliphatic carbocycles. The summed E-state index contributed by atoms with van der Waals surface area (Å²) >= 11 is 6.12. The molecular weight excluding hydrogens is 218 g/mol. The van der Waals surface area contributed by atoms with Crippen LogP contribution in [0.25, 0.3) is 0 Å². The van der Waals surface area contributed by atoms with Crippen LogP contribution in [-0.4, -0.2) is 6.04 Å². The van der Waals surface area contributed by atoms with Gasteiger partial charge < -0.3 is 5.73 Å². The first-order valence-corrected chi connectivity index (χ1v) is 6.40. The average Bonchev–Trinajstić information content (AvgIpc) is 2.97. The molecule has 0 amide bonds. The van der Waals surface area contributed by atoms with Crippen molar-refractivity contribution < 1.29 is 0 Å². The van der Waals surface area contributed by atoms with Crippen LogP contribution in [0.2, 0.25) is 5.02 Å². The molecule has 1 aliphatic rings. The van der Waals surface area contributed by atoms with Crippen LogP contribution in [0.4, 0.5) is 0 Å². The predicted molar refractivity (Wildman–Crippen MR) is 70.1 cm³/mol. The Morgan fingerprint density at radius 3 is 2.31 bits per heavy atom. The van der Waals surface area contributed by atoms with Crippen molar-refractivity contribution in [3.63, 3.8) is 0 Å². The molecule has 1 atom stereocenters. The Bertz CT molecular complexity index is 392. The van der Waals surface area contributed by atoms with Crippen LogP contribution in [0.15, 0.2) is 18.2 Å². The maximum atomic E-state index is 6.14. The monoisotopic (exact) mass is 237 g/mol. The fraction of sp³-hybridized carbons (Fsp3) is 0.571. The number of hydrogen-bond donors (Lipinski definition) is 1. The number of hydrogen-bond acceptors (Lipinski definition) is 1. The summed E-state index contributed by atoms with van der Waals surface area (Å²) in [7, 11) is 0. The zero-order valence-corrected chi connectivity index (χ0v) is 11.0. The summed E-state index contributed by atoms with van der Waals surface area (Å²) in [5, 5.41) is 0.825. The van der Waals surface area contributed by atoms with E-state index in [2.05, 4.69) is 32.9 Å². The van der Waals surface area contributed by atoms with Gasteiger partial charge in [0.1, 0.15) is 0 Å². The smallest absolute Gasteiger partial charge is 0.0409 e. The van der Waals surface area contributed by atoms with Gasteiger partial charge >= 0.3 is 0 Å². The maximum Gasteiger partial charge on any atom is 0.0409 e. The van der Waals surface area contributed by atoms with E-state index < -0.39 is 0 Å². The van der Waals surface area contributed by atoms with E-state index in [1.165, 1.54) is 24.0 Å². The molecule has 1 aromatic carbocycles. The normalized spacial score (nSPS) is 19.9. The third kappa shape index (κ3) is 1.87. The highest BCUT2D eigenvalue weighted by molar-refractivity contribution is 6.30. The molecule has 88 valence electrons. The van der Waals surface area contributed by atoms with Crippen LogP contribution < -0.4 is 5.73 Å². The molecule has 0 spiro atoms. The quantitative estimate of drug-likeness (QED) is 0.849. The highest BCUT2D eigenvalue weighted by atomic mass is 35.5. The molecule has 1 nitrogen and oxygen atoms in total. The van der Waals surface area contributed by atoms with Gasteiger partial charge in [-0.1, -0.05) is 31.5 Å². The van der Waals surface area contributed by atoms with Crippen LogP contribution >= 0.6 is 11.6 Å². The van der Waals surface area contributed by atoms with Gasteiger partial charge in [-0.2, -0.15) is 0 Å². The standard InChI is InChI=1S/C14H20ClN/c1-9(2)12-5-4-11(15)8-13(12)14(6-7-14)10(3)16/h4-5,8-10H,6-7,16H2,1-3H3. The molecule has 1 fully saturated rings. The van der Waals surface area contributed by atoms with Crippen LogP contribution in [0.3, 0.4) is 0 Å². The highest BCUT2D eigenvalue weighted by Gasteiger charge is 2.48. The van der Waals surface area contributed by atoms with Gasteiger partial charge in [0, 0.05) is 16.5 Å². The number of rotatable bonds is 3. The molecule has 1 aromatic rings. The average molecular weight is 238 g/mol. The minimum Gasteiger partial charge on any atom is -0.327 e. The largest absolute Gasteiger partial charge is 0.327 e. The first kappa shape index (κ1) is 11.9. The summed E-state index contributed by atoms with van der Waals surface area (Å²) in [5.74, 6) is 0.531. The van der Waals surface area contributed by atoms with Crippen molar-refractivity contribution in [1.82, 2.24) is 0 Å². The lowest BCUT2D eigenvalue weighted by Gasteiger charge is -2.25. The first-order chi connectivity index (χ1) is 7.47. The number of nitrogens with two attached hydrogens (primary N) is 1. The van der Waals surface area contributed by atoms with Crippen molar-refractivity contribution in [2.75, 3.05) is 0 Å².